The lowest BCUT2D eigenvalue weighted by molar-refractivity contribution is 0.709. The van der Waals surface area contributed by atoms with Gasteiger partial charge in [0.2, 0.25) is 0 Å². The maximum atomic E-state index is 3.29. The number of allylic oxidation sites excluding steroid dienone is 5. The molecule has 0 atom stereocenters. The molecule has 0 heterocycles. The first kappa shape index (κ1) is 9.13. The molecule has 0 spiro atoms. The third-order valence-corrected chi connectivity index (χ3v) is 2.51. The van der Waals surface area contributed by atoms with Crippen LogP contribution in [0.3, 0.4) is 0 Å². The van der Waals surface area contributed by atoms with Crippen molar-refractivity contribution in [3.63, 3.8) is 0 Å². The molecule has 2 aliphatic rings. The van der Waals surface area contributed by atoms with Crippen molar-refractivity contribution >= 4 is 0 Å². The van der Waals surface area contributed by atoms with Crippen LogP contribution in [0.15, 0.2) is 41.2 Å². The highest BCUT2D eigenvalue weighted by molar-refractivity contribution is 5.47. The van der Waals surface area contributed by atoms with Gasteiger partial charge in [-0.2, -0.15) is 0 Å². The van der Waals surface area contributed by atoms with Crippen molar-refractivity contribution in [1.29, 1.82) is 0 Å². The molecule has 0 unspecified atom stereocenters. The molecule has 0 aromatic carbocycles. The molecule has 0 fully saturated rings. The van der Waals surface area contributed by atoms with E-state index in [9.17, 15) is 0 Å². The summed E-state index contributed by atoms with van der Waals surface area (Å²) in [4.78, 5) is 0. The SMILES string of the molecule is C1=CCC=CC#CC=1C1=CCCCC1. The van der Waals surface area contributed by atoms with Crippen LogP contribution in [-0.4, -0.2) is 0 Å². The van der Waals surface area contributed by atoms with Crippen molar-refractivity contribution in [2.24, 2.45) is 0 Å². The molecule has 0 saturated heterocycles. The second-order valence-corrected chi connectivity index (χ2v) is 3.61. The van der Waals surface area contributed by atoms with Crippen LogP contribution in [0.4, 0.5) is 0 Å². The molecule has 0 heteroatoms. The zero-order valence-corrected chi connectivity index (χ0v) is 8.34. The molecule has 2 rings (SSSR count). The third-order valence-electron chi connectivity index (χ3n) is 2.51. The molecular formula is C14H14. The standard InChI is InChI=1S/C14H14/c1-2-5-9-13(10-6-3-1)14-11-7-4-8-12-14/h1-2,6,11H,3-4,7-8,12H2. The summed E-state index contributed by atoms with van der Waals surface area (Å²) in [5.74, 6) is 6.20. The molecular weight excluding hydrogens is 168 g/mol. The first-order valence-corrected chi connectivity index (χ1v) is 5.28. The van der Waals surface area contributed by atoms with Crippen molar-refractivity contribution < 1.29 is 0 Å². The Morgan fingerprint density at radius 3 is 3.07 bits per heavy atom. The zero-order valence-electron chi connectivity index (χ0n) is 8.34. The molecule has 0 radical (unpaired) electrons. The highest BCUT2D eigenvalue weighted by atomic mass is 14.1. The predicted octanol–water partition coefficient (Wildman–Crippen LogP) is 3.53. The fourth-order valence-corrected chi connectivity index (χ4v) is 1.74. The third kappa shape index (κ3) is 2.28. The van der Waals surface area contributed by atoms with Crippen molar-refractivity contribution in [1.82, 2.24) is 0 Å². The molecule has 0 aromatic rings. The Bertz CT molecular complexity index is 387. The molecule has 0 amide bonds. The summed E-state index contributed by atoms with van der Waals surface area (Å²) in [6, 6.07) is 0. The lowest BCUT2D eigenvalue weighted by atomic mass is 9.94. The van der Waals surface area contributed by atoms with Crippen LogP contribution in [0.25, 0.3) is 0 Å². The summed E-state index contributed by atoms with van der Waals surface area (Å²) in [6.07, 6.45) is 14.3. The van der Waals surface area contributed by atoms with Gasteiger partial charge < -0.3 is 0 Å². The van der Waals surface area contributed by atoms with Crippen LogP contribution < -0.4 is 0 Å². The largest absolute Gasteiger partial charge is 0.107 e. The van der Waals surface area contributed by atoms with Gasteiger partial charge in [0.1, 0.15) is 0 Å². The van der Waals surface area contributed by atoms with Crippen LogP contribution in [-0.2, 0) is 0 Å². The van der Waals surface area contributed by atoms with E-state index in [2.05, 4.69) is 35.8 Å². The minimum atomic E-state index is 0.950. The number of hydrogen-bond acceptors (Lipinski definition) is 0. The second kappa shape index (κ2) is 4.70. The van der Waals surface area contributed by atoms with Gasteiger partial charge in [0.05, 0.1) is 5.57 Å². The Morgan fingerprint density at radius 1 is 1.21 bits per heavy atom. The summed E-state index contributed by atoms with van der Waals surface area (Å²) in [5.41, 5.74) is 5.79. The number of hydrogen-bond donors (Lipinski definition) is 0. The lowest BCUT2D eigenvalue weighted by Gasteiger charge is -2.10. The molecule has 14 heavy (non-hydrogen) atoms. The Kier molecular flexibility index (Phi) is 3.06. The summed E-state index contributed by atoms with van der Waals surface area (Å²) < 4.78 is 0. The van der Waals surface area contributed by atoms with E-state index in [0.29, 0.717) is 0 Å². The normalized spacial score (nSPS) is 20.0. The van der Waals surface area contributed by atoms with Crippen molar-refractivity contribution in [2.75, 3.05) is 0 Å². The van der Waals surface area contributed by atoms with E-state index >= 15 is 0 Å². The van der Waals surface area contributed by atoms with Crippen LogP contribution in [0.1, 0.15) is 32.1 Å². The van der Waals surface area contributed by atoms with E-state index in [1.165, 1.54) is 31.3 Å². The minimum Gasteiger partial charge on any atom is -0.107 e. The maximum Gasteiger partial charge on any atom is 0.0692 e. The smallest absolute Gasteiger partial charge is 0.0692 e. The second-order valence-electron chi connectivity index (χ2n) is 3.61. The quantitative estimate of drug-likeness (QED) is 0.430. The predicted molar refractivity (Wildman–Crippen MR) is 59.7 cm³/mol. The van der Waals surface area contributed by atoms with Gasteiger partial charge in [0.25, 0.3) is 0 Å². The highest BCUT2D eigenvalue weighted by Crippen LogP contribution is 2.23. The van der Waals surface area contributed by atoms with Crippen LogP contribution in [0.2, 0.25) is 0 Å². The zero-order chi connectivity index (χ0) is 9.64. The summed E-state index contributed by atoms with van der Waals surface area (Å²) >= 11 is 0. The Balaban J connectivity index is 2.27. The molecule has 0 saturated carbocycles. The molecule has 70 valence electrons. The molecule has 2 aliphatic carbocycles. The van der Waals surface area contributed by atoms with E-state index in [4.69, 9.17) is 0 Å². The summed E-state index contributed by atoms with van der Waals surface area (Å²) in [5, 5.41) is 0. The molecule has 0 aliphatic heterocycles. The Labute approximate surface area is 85.7 Å². The van der Waals surface area contributed by atoms with Crippen LogP contribution in [0.5, 0.6) is 0 Å². The molecule has 0 aromatic heterocycles. The average molecular weight is 182 g/mol. The Hall–Kier alpha value is -1.44. The van der Waals surface area contributed by atoms with Gasteiger partial charge in [-0.1, -0.05) is 24.0 Å². The van der Waals surface area contributed by atoms with Crippen molar-refractivity contribution in [3.05, 3.63) is 41.2 Å². The molecule has 0 bridgehead atoms. The van der Waals surface area contributed by atoms with Gasteiger partial charge in [0, 0.05) is 0 Å². The highest BCUT2D eigenvalue weighted by Gasteiger charge is 2.06. The van der Waals surface area contributed by atoms with E-state index in [0.717, 1.165) is 12.0 Å². The van der Waals surface area contributed by atoms with Gasteiger partial charge in [0.15, 0.2) is 0 Å². The van der Waals surface area contributed by atoms with Crippen LogP contribution in [0, 0.1) is 11.8 Å². The Morgan fingerprint density at radius 2 is 2.21 bits per heavy atom. The van der Waals surface area contributed by atoms with E-state index < -0.39 is 0 Å². The van der Waals surface area contributed by atoms with Crippen molar-refractivity contribution in [2.45, 2.75) is 32.1 Å². The fraction of sp³-hybridized carbons (Fsp3) is 0.357. The monoisotopic (exact) mass is 182 g/mol. The summed E-state index contributed by atoms with van der Waals surface area (Å²) in [6.45, 7) is 0. The van der Waals surface area contributed by atoms with E-state index in [1.54, 1.807) is 0 Å². The van der Waals surface area contributed by atoms with E-state index in [-0.39, 0.29) is 0 Å². The van der Waals surface area contributed by atoms with Crippen LogP contribution >= 0.6 is 0 Å². The fourth-order valence-electron chi connectivity index (χ4n) is 1.74. The minimum absolute atomic E-state index is 0.950. The van der Waals surface area contributed by atoms with Gasteiger partial charge in [-0.3, -0.25) is 0 Å². The van der Waals surface area contributed by atoms with Gasteiger partial charge in [-0.25, -0.2) is 0 Å². The van der Waals surface area contributed by atoms with Gasteiger partial charge >= 0.3 is 0 Å². The first-order valence-electron chi connectivity index (χ1n) is 5.28. The first-order chi connectivity index (χ1) is 6.97. The maximum absolute atomic E-state index is 3.29. The average Bonchev–Trinajstić information content (AvgIpc) is 2.18. The molecule has 0 nitrogen and oxygen atoms in total. The topological polar surface area (TPSA) is 0 Å². The van der Waals surface area contributed by atoms with Gasteiger partial charge in [-0.15, -0.1) is 5.73 Å². The number of rotatable bonds is 1. The van der Waals surface area contributed by atoms with Gasteiger partial charge in [-0.05, 0) is 49.8 Å². The molecule has 0 N–H and O–H groups in total. The summed E-state index contributed by atoms with van der Waals surface area (Å²) in [7, 11) is 0. The van der Waals surface area contributed by atoms with E-state index in [1.807, 2.05) is 6.08 Å². The van der Waals surface area contributed by atoms with Crippen molar-refractivity contribution in [3.8, 4) is 11.8 Å². The lowest BCUT2D eigenvalue weighted by Crippen LogP contribution is -1.93.